The Kier molecular flexibility index (Phi) is 4.75. The van der Waals surface area contributed by atoms with Crippen LogP contribution in [0.1, 0.15) is 5.56 Å². The molecular weight excluding hydrogens is 318 g/mol. The van der Waals surface area contributed by atoms with Crippen LogP contribution < -0.4 is 5.32 Å². The number of carbonyl (C=O) groups excluding carboxylic acids is 3. The number of hydrogen-bond donors (Lipinski definition) is 1. The van der Waals surface area contributed by atoms with Crippen LogP contribution in [0.2, 0.25) is 0 Å². The van der Waals surface area contributed by atoms with Gasteiger partial charge in [-0.05, 0) is 36.0 Å². The summed E-state index contributed by atoms with van der Waals surface area (Å²) in [6, 6.07) is 6.62. The number of methoxy groups -OCH3 is 1. The van der Waals surface area contributed by atoms with E-state index in [1.807, 2.05) is 0 Å². The Morgan fingerprint density at radius 3 is 2.13 bits per heavy atom. The van der Waals surface area contributed by atoms with Crippen LogP contribution in [0.25, 0.3) is 6.08 Å². The Bertz CT molecular complexity index is 686. The molecule has 0 atom stereocenters. The molecule has 0 saturated carbocycles. The van der Waals surface area contributed by atoms with Gasteiger partial charge in [-0.2, -0.15) is 0 Å². The quantitative estimate of drug-likeness (QED) is 0.504. The second-order valence-electron chi connectivity index (χ2n) is 4.81. The number of rotatable bonds is 2. The number of likely N-dealkylation sites (N-methyl/N-ethyl adjacent to an activating group) is 2. The first-order valence-electron chi connectivity index (χ1n) is 6.62. The summed E-state index contributed by atoms with van der Waals surface area (Å²) < 4.78 is 4.49. The van der Waals surface area contributed by atoms with Crippen molar-refractivity contribution in [2.75, 3.05) is 26.5 Å². The Morgan fingerprint density at radius 1 is 1.13 bits per heavy atom. The van der Waals surface area contributed by atoms with Crippen LogP contribution >= 0.6 is 12.2 Å². The summed E-state index contributed by atoms with van der Waals surface area (Å²) in [5, 5.41) is 2.67. The molecule has 0 unspecified atom stereocenters. The minimum Gasteiger partial charge on any atom is -0.453 e. The normalized spacial score (nSPS) is 14.9. The van der Waals surface area contributed by atoms with Gasteiger partial charge in [0, 0.05) is 19.8 Å². The Labute approximate surface area is 138 Å². The third kappa shape index (κ3) is 3.37. The standard InChI is InChI=1S/C15H15N3O4S/c1-17-12(19)11(13(20)18(2)15(17)23)8-9-4-6-10(7-5-9)16-14(21)22-3/h4-8H,1-3H3,(H,16,21). The van der Waals surface area contributed by atoms with Crippen molar-refractivity contribution in [1.29, 1.82) is 0 Å². The molecule has 3 amide bonds. The first-order chi connectivity index (χ1) is 10.8. The summed E-state index contributed by atoms with van der Waals surface area (Å²) in [6.45, 7) is 0. The van der Waals surface area contributed by atoms with E-state index in [9.17, 15) is 14.4 Å². The molecule has 1 N–H and O–H groups in total. The average Bonchev–Trinajstić information content (AvgIpc) is 2.56. The van der Waals surface area contributed by atoms with Crippen LogP contribution in [-0.2, 0) is 14.3 Å². The van der Waals surface area contributed by atoms with Gasteiger partial charge < -0.3 is 4.74 Å². The van der Waals surface area contributed by atoms with E-state index >= 15 is 0 Å². The molecule has 7 nitrogen and oxygen atoms in total. The van der Waals surface area contributed by atoms with Gasteiger partial charge >= 0.3 is 6.09 Å². The molecule has 0 aromatic heterocycles. The van der Waals surface area contributed by atoms with Crippen molar-refractivity contribution < 1.29 is 19.1 Å². The predicted octanol–water partition coefficient (Wildman–Crippen LogP) is 1.46. The first-order valence-corrected chi connectivity index (χ1v) is 7.02. The van der Waals surface area contributed by atoms with E-state index in [-0.39, 0.29) is 10.7 Å². The summed E-state index contributed by atoms with van der Waals surface area (Å²) in [7, 11) is 4.31. The molecule has 1 aromatic carbocycles. The van der Waals surface area contributed by atoms with Gasteiger partial charge in [0.2, 0.25) is 0 Å². The van der Waals surface area contributed by atoms with Crippen LogP contribution in [-0.4, -0.2) is 54.0 Å². The topological polar surface area (TPSA) is 79.0 Å². The maximum Gasteiger partial charge on any atom is 0.411 e. The minimum absolute atomic E-state index is 0.0253. The van der Waals surface area contributed by atoms with Crippen molar-refractivity contribution in [3.05, 3.63) is 35.4 Å². The zero-order chi connectivity index (χ0) is 17.1. The number of amides is 3. The van der Waals surface area contributed by atoms with Crippen molar-refractivity contribution in [2.24, 2.45) is 0 Å². The number of carbonyl (C=O) groups is 3. The van der Waals surface area contributed by atoms with E-state index in [0.29, 0.717) is 11.3 Å². The van der Waals surface area contributed by atoms with Gasteiger partial charge in [0.15, 0.2) is 5.11 Å². The lowest BCUT2D eigenvalue weighted by molar-refractivity contribution is -0.132. The highest BCUT2D eigenvalue weighted by molar-refractivity contribution is 7.80. The molecular formula is C15H15N3O4S. The van der Waals surface area contributed by atoms with Crippen LogP contribution in [0.4, 0.5) is 10.5 Å². The zero-order valence-electron chi connectivity index (χ0n) is 12.8. The fourth-order valence-corrected chi connectivity index (χ4v) is 2.14. The van der Waals surface area contributed by atoms with Crippen molar-refractivity contribution in [2.45, 2.75) is 0 Å². The third-order valence-electron chi connectivity index (χ3n) is 3.30. The average molecular weight is 333 g/mol. The van der Waals surface area contributed by atoms with Gasteiger partial charge in [0.25, 0.3) is 11.8 Å². The van der Waals surface area contributed by atoms with Crippen LogP contribution in [0.5, 0.6) is 0 Å². The fourth-order valence-electron chi connectivity index (χ4n) is 1.97. The largest absolute Gasteiger partial charge is 0.453 e. The van der Waals surface area contributed by atoms with E-state index in [2.05, 4.69) is 10.1 Å². The molecule has 1 fully saturated rings. The summed E-state index contributed by atoms with van der Waals surface area (Å²) in [4.78, 5) is 38.0. The Morgan fingerprint density at radius 2 is 1.65 bits per heavy atom. The second-order valence-corrected chi connectivity index (χ2v) is 5.17. The fraction of sp³-hybridized carbons (Fsp3) is 0.200. The molecule has 1 saturated heterocycles. The molecule has 1 heterocycles. The van der Waals surface area contributed by atoms with E-state index < -0.39 is 17.9 Å². The molecule has 0 radical (unpaired) electrons. The molecule has 0 aliphatic carbocycles. The van der Waals surface area contributed by atoms with Crippen molar-refractivity contribution in [3.8, 4) is 0 Å². The third-order valence-corrected chi connectivity index (χ3v) is 3.85. The maximum absolute atomic E-state index is 12.2. The number of benzene rings is 1. The number of nitrogens with zero attached hydrogens (tertiary/aromatic N) is 2. The van der Waals surface area contributed by atoms with E-state index in [1.54, 1.807) is 24.3 Å². The molecule has 1 aromatic rings. The second kappa shape index (κ2) is 6.57. The lowest BCUT2D eigenvalue weighted by Gasteiger charge is -2.31. The van der Waals surface area contributed by atoms with E-state index in [1.165, 1.54) is 37.1 Å². The van der Waals surface area contributed by atoms with E-state index in [4.69, 9.17) is 12.2 Å². The first kappa shape index (κ1) is 16.6. The number of thiocarbonyl (C=S) groups is 1. The summed E-state index contributed by atoms with van der Waals surface area (Å²) in [5.74, 6) is -0.898. The van der Waals surface area contributed by atoms with Crippen LogP contribution in [0.15, 0.2) is 29.8 Å². The number of anilines is 1. The molecule has 0 spiro atoms. The molecule has 120 valence electrons. The van der Waals surface area contributed by atoms with Crippen LogP contribution in [0.3, 0.4) is 0 Å². The number of hydrogen-bond acceptors (Lipinski definition) is 5. The Hall–Kier alpha value is -2.74. The molecule has 8 heteroatoms. The summed E-state index contributed by atoms with van der Waals surface area (Å²) >= 11 is 5.02. The van der Waals surface area contributed by atoms with Crippen molar-refractivity contribution in [3.63, 3.8) is 0 Å². The van der Waals surface area contributed by atoms with Gasteiger partial charge in [-0.3, -0.25) is 24.7 Å². The van der Waals surface area contributed by atoms with Gasteiger partial charge in [0.05, 0.1) is 7.11 Å². The van der Waals surface area contributed by atoms with Crippen molar-refractivity contribution >= 4 is 47.0 Å². The highest BCUT2D eigenvalue weighted by Gasteiger charge is 2.35. The lowest BCUT2D eigenvalue weighted by Crippen LogP contribution is -2.52. The monoisotopic (exact) mass is 333 g/mol. The molecule has 1 aliphatic heterocycles. The minimum atomic E-state index is -0.578. The SMILES string of the molecule is COC(=O)Nc1ccc(C=C2C(=O)N(C)C(=S)N(C)C2=O)cc1. The Balaban J connectivity index is 2.26. The summed E-state index contributed by atoms with van der Waals surface area (Å²) in [5.41, 5.74) is 1.21. The molecule has 23 heavy (non-hydrogen) atoms. The smallest absolute Gasteiger partial charge is 0.411 e. The highest BCUT2D eigenvalue weighted by Crippen LogP contribution is 2.19. The zero-order valence-corrected chi connectivity index (χ0v) is 13.6. The lowest BCUT2D eigenvalue weighted by atomic mass is 10.1. The summed E-state index contributed by atoms with van der Waals surface area (Å²) in [6.07, 6.45) is 0.909. The van der Waals surface area contributed by atoms with Gasteiger partial charge in [-0.15, -0.1) is 0 Å². The number of nitrogens with one attached hydrogen (secondary N) is 1. The maximum atomic E-state index is 12.2. The number of ether oxygens (including phenoxy) is 1. The van der Waals surface area contributed by atoms with Gasteiger partial charge in [-0.1, -0.05) is 12.1 Å². The molecule has 2 rings (SSSR count). The van der Waals surface area contributed by atoms with Crippen molar-refractivity contribution in [1.82, 2.24) is 9.80 Å². The highest BCUT2D eigenvalue weighted by atomic mass is 32.1. The van der Waals surface area contributed by atoms with Crippen LogP contribution in [0, 0.1) is 0 Å². The van der Waals surface area contributed by atoms with E-state index in [0.717, 1.165) is 0 Å². The van der Waals surface area contributed by atoms with Gasteiger partial charge in [-0.25, -0.2) is 4.79 Å². The van der Waals surface area contributed by atoms with Gasteiger partial charge in [0.1, 0.15) is 5.57 Å². The molecule has 1 aliphatic rings. The molecule has 0 bridgehead atoms. The predicted molar refractivity (Wildman–Crippen MR) is 88.6 cm³/mol.